The van der Waals surface area contributed by atoms with E-state index in [1.165, 1.54) is 16.7 Å². The SMILES string of the molecule is O=[N+]([O-])c1ccc2c(c1)C(N1CCNCC1)c1ccccc1CC2. The summed E-state index contributed by atoms with van der Waals surface area (Å²) >= 11 is 0. The first kappa shape index (κ1) is 15.3. The lowest BCUT2D eigenvalue weighted by molar-refractivity contribution is -0.385. The van der Waals surface area contributed by atoms with Gasteiger partial charge in [-0.15, -0.1) is 0 Å². The summed E-state index contributed by atoms with van der Waals surface area (Å²) in [7, 11) is 0. The molecule has 1 aliphatic heterocycles. The smallest absolute Gasteiger partial charge is 0.269 e. The molecule has 24 heavy (non-hydrogen) atoms. The van der Waals surface area contributed by atoms with Crippen molar-refractivity contribution in [2.75, 3.05) is 26.2 Å². The van der Waals surface area contributed by atoms with Gasteiger partial charge in [-0.2, -0.15) is 0 Å². The van der Waals surface area contributed by atoms with Crippen LogP contribution in [0.5, 0.6) is 0 Å². The van der Waals surface area contributed by atoms with Crippen LogP contribution in [0.25, 0.3) is 0 Å². The van der Waals surface area contributed by atoms with Crippen LogP contribution in [-0.4, -0.2) is 36.0 Å². The largest absolute Gasteiger partial charge is 0.314 e. The Morgan fingerprint density at radius 2 is 1.71 bits per heavy atom. The Bertz CT molecular complexity index is 769. The topological polar surface area (TPSA) is 58.4 Å². The number of non-ortho nitro benzene ring substituents is 1. The Labute approximate surface area is 141 Å². The quantitative estimate of drug-likeness (QED) is 0.682. The standard InChI is InChI=1S/C19H21N3O2/c23-22(24)16-8-7-15-6-5-14-3-1-2-4-17(14)19(18(15)13-16)21-11-9-20-10-12-21/h1-4,7-8,13,19-20H,5-6,9-12H2. The molecule has 1 aliphatic carbocycles. The molecule has 1 unspecified atom stereocenters. The maximum absolute atomic E-state index is 11.3. The first-order valence-electron chi connectivity index (χ1n) is 8.54. The van der Waals surface area contributed by atoms with Gasteiger partial charge in [-0.25, -0.2) is 0 Å². The number of rotatable bonds is 2. The van der Waals surface area contributed by atoms with Gasteiger partial charge in [-0.05, 0) is 35.1 Å². The zero-order valence-electron chi connectivity index (χ0n) is 13.6. The minimum absolute atomic E-state index is 0.112. The number of nitro benzene ring substituents is 1. The number of nitro groups is 1. The lowest BCUT2D eigenvalue weighted by Crippen LogP contribution is -2.45. The van der Waals surface area contributed by atoms with Crippen LogP contribution in [0, 0.1) is 10.1 Å². The summed E-state index contributed by atoms with van der Waals surface area (Å²) in [5, 5.41) is 14.7. The highest BCUT2D eigenvalue weighted by atomic mass is 16.6. The van der Waals surface area contributed by atoms with E-state index in [0.29, 0.717) is 0 Å². The van der Waals surface area contributed by atoms with E-state index in [1.54, 1.807) is 12.1 Å². The molecule has 124 valence electrons. The fourth-order valence-electron chi connectivity index (χ4n) is 3.98. The Morgan fingerprint density at radius 3 is 2.46 bits per heavy atom. The van der Waals surface area contributed by atoms with Gasteiger partial charge in [0.2, 0.25) is 0 Å². The third-order valence-electron chi connectivity index (χ3n) is 5.16. The van der Waals surface area contributed by atoms with Crippen molar-refractivity contribution < 1.29 is 4.92 Å². The monoisotopic (exact) mass is 323 g/mol. The minimum Gasteiger partial charge on any atom is -0.314 e. The Balaban J connectivity index is 1.88. The van der Waals surface area contributed by atoms with Crippen LogP contribution in [0.3, 0.4) is 0 Å². The molecule has 0 radical (unpaired) electrons. The average molecular weight is 323 g/mol. The number of nitrogens with zero attached hydrogens (tertiary/aromatic N) is 2. The predicted octanol–water partition coefficient (Wildman–Crippen LogP) is 2.69. The van der Waals surface area contributed by atoms with Gasteiger partial charge in [0.1, 0.15) is 0 Å². The molecule has 0 amide bonds. The highest BCUT2D eigenvalue weighted by molar-refractivity contribution is 5.49. The van der Waals surface area contributed by atoms with Crippen LogP contribution >= 0.6 is 0 Å². The number of hydrogen-bond acceptors (Lipinski definition) is 4. The fourth-order valence-corrected chi connectivity index (χ4v) is 3.98. The van der Waals surface area contributed by atoms with Gasteiger partial charge in [0.15, 0.2) is 0 Å². The summed E-state index contributed by atoms with van der Waals surface area (Å²) in [6, 6.07) is 14.1. The van der Waals surface area contributed by atoms with Gasteiger partial charge in [0, 0.05) is 38.3 Å². The number of hydrogen-bond donors (Lipinski definition) is 1. The molecule has 0 bridgehead atoms. The van der Waals surface area contributed by atoms with Gasteiger partial charge < -0.3 is 5.32 Å². The predicted molar refractivity (Wildman–Crippen MR) is 93.2 cm³/mol. The van der Waals surface area contributed by atoms with Crippen LogP contribution in [0.15, 0.2) is 42.5 Å². The molecule has 1 N–H and O–H groups in total. The number of nitrogens with one attached hydrogen (secondary N) is 1. The number of aryl methyl sites for hydroxylation is 2. The van der Waals surface area contributed by atoms with E-state index in [9.17, 15) is 10.1 Å². The van der Waals surface area contributed by atoms with Gasteiger partial charge in [0.05, 0.1) is 11.0 Å². The summed E-state index contributed by atoms with van der Waals surface area (Å²) in [5.74, 6) is 0. The highest BCUT2D eigenvalue weighted by Crippen LogP contribution is 2.38. The molecule has 2 aromatic carbocycles. The molecule has 4 rings (SSSR count). The summed E-state index contributed by atoms with van der Waals surface area (Å²) in [5.41, 5.74) is 5.20. The first-order chi connectivity index (χ1) is 11.7. The van der Waals surface area contributed by atoms with Crippen LogP contribution in [0.4, 0.5) is 5.69 Å². The molecule has 1 fully saturated rings. The van der Waals surface area contributed by atoms with Crippen LogP contribution in [0.1, 0.15) is 28.3 Å². The molecular weight excluding hydrogens is 302 g/mol. The maximum Gasteiger partial charge on any atom is 0.269 e. The van der Waals surface area contributed by atoms with Crippen LogP contribution in [-0.2, 0) is 12.8 Å². The molecular formula is C19H21N3O2. The van der Waals surface area contributed by atoms with E-state index in [0.717, 1.165) is 44.6 Å². The van der Waals surface area contributed by atoms with Gasteiger partial charge in [-0.3, -0.25) is 15.0 Å². The lowest BCUT2D eigenvalue weighted by Gasteiger charge is -2.36. The van der Waals surface area contributed by atoms with Crippen molar-refractivity contribution in [3.63, 3.8) is 0 Å². The molecule has 5 heteroatoms. The minimum atomic E-state index is -0.286. The normalized spacial score (nSPS) is 20.8. The van der Waals surface area contributed by atoms with Gasteiger partial charge in [0.25, 0.3) is 5.69 Å². The number of fused-ring (bicyclic) bond motifs is 2. The highest BCUT2D eigenvalue weighted by Gasteiger charge is 2.30. The number of piperazine rings is 1. The Kier molecular flexibility index (Phi) is 4.04. The summed E-state index contributed by atoms with van der Waals surface area (Å²) in [4.78, 5) is 13.5. The van der Waals surface area contributed by atoms with Crippen molar-refractivity contribution in [2.24, 2.45) is 0 Å². The van der Waals surface area contributed by atoms with Crippen LogP contribution < -0.4 is 5.32 Å². The molecule has 2 aromatic rings. The molecule has 2 aliphatic rings. The molecule has 1 heterocycles. The third-order valence-corrected chi connectivity index (χ3v) is 5.16. The maximum atomic E-state index is 11.3. The van der Waals surface area contributed by atoms with Crippen LogP contribution in [0.2, 0.25) is 0 Å². The second-order valence-corrected chi connectivity index (χ2v) is 6.53. The first-order valence-corrected chi connectivity index (χ1v) is 8.54. The van der Waals surface area contributed by atoms with Crippen molar-refractivity contribution in [1.29, 1.82) is 0 Å². The molecule has 1 atom stereocenters. The fraction of sp³-hybridized carbons (Fsp3) is 0.368. The molecule has 1 saturated heterocycles. The third kappa shape index (κ3) is 2.70. The molecule has 5 nitrogen and oxygen atoms in total. The van der Waals surface area contributed by atoms with E-state index in [1.807, 2.05) is 6.07 Å². The van der Waals surface area contributed by atoms with Crippen molar-refractivity contribution in [1.82, 2.24) is 10.2 Å². The van der Waals surface area contributed by atoms with E-state index < -0.39 is 0 Å². The second-order valence-electron chi connectivity index (χ2n) is 6.53. The van der Waals surface area contributed by atoms with E-state index >= 15 is 0 Å². The van der Waals surface area contributed by atoms with Crippen molar-refractivity contribution in [2.45, 2.75) is 18.9 Å². The molecule has 0 spiro atoms. The average Bonchev–Trinajstić information content (AvgIpc) is 2.78. The number of benzene rings is 2. The second kappa shape index (κ2) is 6.34. The Hall–Kier alpha value is -2.24. The van der Waals surface area contributed by atoms with Gasteiger partial charge in [-0.1, -0.05) is 30.3 Å². The van der Waals surface area contributed by atoms with E-state index in [4.69, 9.17) is 0 Å². The summed E-state index contributed by atoms with van der Waals surface area (Å²) in [6.45, 7) is 3.84. The van der Waals surface area contributed by atoms with E-state index in [-0.39, 0.29) is 16.7 Å². The van der Waals surface area contributed by atoms with Crippen molar-refractivity contribution in [3.05, 3.63) is 74.8 Å². The van der Waals surface area contributed by atoms with Crippen molar-refractivity contribution in [3.8, 4) is 0 Å². The van der Waals surface area contributed by atoms with Gasteiger partial charge >= 0.3 is 0 Å². The van der Waals surface area contributed by atoms with Crippen molar-refractivity contribution >= 4 is 5.69 Å². The Morgan fingerprint density at radius 1 is 1.00 bits per heavy atom. The summed E-state index contributed by atoms with van der Waals surface area (Å²) < 4.78 is 0. The zero-order valence-corrected chi connectivity index (χ0v) is 13.6. The zero-order chi connectivity index (χ0) is 16.5. The summed E-state index contributed by atoms with van der Waals surface area (Å²) in [6.07, 6.45) is 1.93. The van der Waals surface area contributed by atoms with E-state index in [2.05, 4.69) is 34.5 Å². The molecule has 0 saturated carbocycles. The molecule has 0 aromatic heterocycles. The lowest BCUT2D eigenvalue weighted by atomic mass is 9.92.